The molecule has 1 aromatic carbocycles. The van der Waals surface area contributed by atoms with Crippen molar-refractivity contribution >= 4 is 22.7 Å². The van der Waals surface area contributed by atoms with E-state index in [9.17, 15) is 14.4 Å². The van der Waals surface area contributed by atoms with Crippen LogP contribution in [0.25, 0.3) is 10.9 Å². The summed E-state index contributed by atoms with van der Waals surface area (Å²) in [7, 11) is 0. The lowest BCUT2D eigenvalue weighted by molar-refractivity contribution is -0.117. The topological polar surface area (TPSA) is 105 Å². The SMILES string of the molecule is NC(=O)CNC(=O)c1c[nH]c2ccccc2c1=O. The molecule has 1 heterocycles. The molecule has 0 radical (unpaired) electrons. The highest BCUT2D eigenvalue weighted by Gasteiger charge is 2.12. The molecule has 2 aromatic rings. The van der Waals surface area contributed by atoms with Crippen molar-refractivity contribution in [3.8, 4) is 0 Å². The number of nitrogens with one attached hydrogen (secondary N) is 2. The Labute approximate surface area is 102 Å². The van der Waals surface area contributed by atoms with Crippen molar-refractivity contribution in [2.75, 3.05) is 6.54 Å². The molecule has 0 aliphatic rings. The summed E-state index contributed by atoms with van der Waals surface area (Å²) in [5, 5.41) is 2.69. The third kappa shape index (κ3) is 2.22. The van der Waals surface area contributed by atoms with Crippen molar-refractivity contribution in [3.05, 3.63) is 46.2 Å². The number of nitrogens with two attached hydrogens (primary N) is 1. The summed E-state index contributed by atoms with van der Waals surface area (Å²) < 4.78 is 0. The molecular weight excluding hydrogens is 234 g/mol. The number of hydrogen-bond acceptors (Lipinski definition) is 3. The van der Waals surface area contributed by atoms with E-state index in [2.05, 4.69) is 10.3 Å². The first kappa shape index (κ1) is 11.8. The van der Waals surface area contributed by atoms with E-state index in [1.807, 2.05) is 0 Å². The van der Waals surface area contributed by atoms with Crippen LogP contribution in [-0.2, 0) is 4.79 Å². The van der Waals surface area contributed by atoms with Crippen LogP contribution in [0.2, 0.25) is 0 Å². The van der Waals surface area contributed by atoms with E-state index in [1.165, 1.54) is 6.20 Å². The van der Waals surface area contributed by atoms with E-state index >= 15 is 0 Å². The van der Waals surface area contributed by atoms with E-state index < -0.39 is 11.8 Å². The highest BCUT2D eigenvalue weighted by molar-refractivity contribution is 5.98. The lowest BCUT2D eigenvalue weighted by Gasteiger charge is -2.03. The van der Waals surface area contributed by atoms with Gasteiger partial charge < -0.3 is 16.0 Å². The number of carbonyl (C=O) groups is 2. The second-order valence-corrected chi connectivity index (χ2v) is 3.73. The molecule has 6 heteroatoms. The van der Waals surface area contributed by atoms with Gasteiger partial charge in [-0.15, -0.1) is 0 Å². The smallest absolute Gasteiger partial charge is 0.257 e. The Balaban J connectivity index is 2.40. The standard InChI is InChI=1S/C12H11N3O3/c13-10(16)6-15-12(18)8-5-14-9-4-2-1-3-7(9)11(8)17/h1-5H,6H2,(H2,13,16)(H,14,17)(H,15,18). The maximum absolute atomic E-state index is 12.0. The highest BCUT2D eigenvalue weighted by atomic mass is 16.2. The van der Waals surface area contributed by atoms with Crippen LogP contribution in [0.5, 0.6) is 0 Å². The highest BCUT2D eigenvalue weighted by Crippen LogP contribution is 2.06. The van der Waals surface area contributed by atoms with Crippen molar-refractivity contribution in [2.24, 2.45) is 5.73 Å². The largest absolute Gasteiger partial charge is 0.368 e. The number of primary amides is 1. The summed E-state index contributed by atoms with van der Waals surface area (Å²) in [6.07, 6.45) is 1.32. The van der Waals surface area contributed by atoms with Gasteiger partial charge in [-0.2, -0.15) is 0 Å². The van der Waals surface area contributed by atoms with Gasteiger partial charge in [0.25, 0.3) is 5.91 Å². The summed E-state index contributed by atoms with van der Waals surface area (Å²) in [4.78, 5) is 37.1. The number of rotatable bonds is 3. The Morgan fingerprint density at radius 1 is 1.28 bits per heavy atom. The second-order valence-electron chi connectivity index (χ2n) is 3.73. The molecule has 6 nitrogen and oxygen atoms in total. The van der Waals surface area contributed by atoms with E-state index in [0.717, 1.165) is 0 Å². The van der Waals surface area contributed by atoms with Gasteiger partial charge in [0.1, 0.15) is 5.56 Å². The molecular formula is C12H11N3O3. The Hall–Kier alpha value is -2.63. The van der Waals surface area contributed by atoms with Gasteiger partial charge >= 0.3 is 0 Å². The number of benzene rings is 1. The maximum atomic E-state index is 12.0. The first-order valence-corrected chi connectivity index (χ1v) is 5.26. The van der Waals surface area contributed by atoms with Crippen LogP contribution in [0.4, 0.5) is 0 Å². The maximum Gasteiger partial charge on any atom is 0.257 e. The minimum absolute atomic E-state index is 0.0463. The lowest BCUT2D eigenvalue weighted by atomic mass is 10.1. The van der Waals surface area contributed by atoms with Gasteiger partial charge in [0.05, 0.1) is 6.54 Å². The number of fused-ring (bicyclic) bond motifs is 1. The van der Waals surface area contributed by atoms with Gasteiger partial charge in [-0.05, 0) is 12.1 Å². The molecule has 0 saturated heterocycles. The molecule has 0 aliphatic heterocycles. The molecule has 0 unspecified atom stereocenters. The van der Waals surface area contributed by atoms with Crippen LogP contribution in [0.1, 0.15) is 10.4 Å². The number of H-pyrrole nitrogens is 1. The molecule has 2 rings (SSSR count). The van der Waals surface area contributed by atoms with Crippen LogP contribution in [-0.4, -0.2) is 23.3 Å². The first-order chi connectivity index (χ1) is 8.59. The quantitative estimate of drug-likeness (QED) is 0.693. The molecule has 92 valence electrons. The molecule has 0 fully saturated rings. The molecule has 1 aromatic heterocycles. The number of amides is 2. The number of carbonyl (C=O) groups excluding carboxylic acids is 2. The van der Waals surface area contributed by atoms with Crippen LogP contribution in [0.3, 0.4) is 0 Å². The van der Waals surface area contributed by atoms with Gasteiger partial charge in [0.2, 0.25) is 11.3 Å². The Morgan fingerprint density at radius 2 is 2.00 bits per heavy atom. The van der Waals surface area contributed by atoms with E-state index in [-0.39, 0.29) is 17.5 Å². The predicted octanol–water partition coefficient (Wildman–Crippen LogP) is -0.257. The molecule has 0 saturated carbocycles. The van der Waals surface area contributed by atoms with Gasteiger partial charge in [0, 0.05) is 17.1 Å². The van der Waals surface area contributed by atoms with E-state index in [0.29, 0.717) is 10.9 Å². The third-order valence-corrected chi connectivity index (χ3v) is 2.46. The van der Waals surface area contributed by atoms with Gasteiger partial charge in [0.15, 0.2) is 0 Å². The molecule has 0 bridgehead atoms. The molecule has 0 spiro atoms. The number of para-hydroxylation sites is 1. The zero-order chi connectivity index (χ0) is 13.1. The van der Waals surface area contributed by atoms with Crippen LogP contribution in [0, 0.1) is 0 Å². The minimum atomic E-state index is -0.666. The van der Waals surface area contributed by atoms with Crippen molar-refractivity contribution in [1.29, 1.82) is 0 Å². The third-order valence-electron chi connectivity index (χ3n) is 2.46. The Bertz CT molecular complexity index is 676. The fourth-order valence-electron chi connectivity index (χ4n) is 1.60. The van der Waals surface area contributed by atoms with E-state index in [1.54, 1.807) is 24.3 Å². The molecule has 0 aliphatic carbocycles. The zero-order valence-electron chi connectivity index (χ0n) is 9.40. The number of aromatic amines is 1. The zero-order valence-corrected chi connectivity index (χ0v) is 9.40. The lowest BCUT2D eigenvalue weighted by Crippen LogP contribution is -2.35. The summed E-state index contributed by atoms with van der Waals surface area (Å²) in [5.41, 5.74) is 5.13. The van der Waals surface area contributed by atoms with Crippen molar-refractivity contribution < 1.29 is 9.59 Å². The first-order valence-electron chi connectivity index (χ1n) is 5.26. The fraction of sp³-hybridized carbons (Fsp3) is 0.0833. The second kappa shape index (κ2) is 4.70. The molecule has 2 amide bonds. The number of hydrogen-bond donors (Lipinski definition) is 3. The van der Waals surface area contributed by atoms with E-state index in [4.69, 9.17) is 5.73 Å². The van der Waals surface area contributed by atoms with Gasteiger partial charge in [-0.25, -0.2) is 0 Å². The number of pyridine rings is 1. The molecule has 0 atom stereocenters. The Morgan fingerprint density at radius 3 is 2.72 bits per heavy atom. The van der Waals surface area contributed by atoms with Crippen molar-refractivity contribution in [1.82, 2.24) is 10.3 Å². The van der Waals surface area contributed by atoms with Crippen molar-refractivity contribution in [2.45, 2.75) is 0 Å². The summed E-state index contributed by atoms with van der Waals surface area (Å²) in [5.74, 6) is -1.29. The van der Waals surface area contributed by atoms with Crippen LogP contribution in [0.15, 0.2) is 35.3 Å². The van der Waals surface area contributed by atoms with Crippen LogP contribution < -0.4 is 16.5 Å². The van der Waals surface area contributed by atoms with Gasteiger partial charge in [-0.3, -0.25) is 14.4 Å². The normalized spacial score (nSPS) is 10.2. The Kier molecular flexibility index (Phi) is 3.09. The summed E-state index contributed by atoms with van der Waals surface area (Å²) in [6.45, 7) is -0.300. The molecule has 4 N–H and O–H groups in total. The predicted molar refractivity (Wildman–Crippen MR) is 66.1 cm³/mol. The fourth-order valence-corrected chi connectivity index (χ4v) is 1.60. The summed E-state index contributed by atoms with van der Waals surface area (Å²) in [6, 6.07) is 6.86. The monoisotopic (exact) mass is 245 g/mol. The summed E-state index contributed by atoms with van der Waals surface area (Å²) >= 11 is 0. The number of aromatic nitrogens is 1. The average Bonchev–Trinajstić information content (AvgIpc) is 2.37. The van der Waals surface area contributed by atoms with Crippen LogP contribution >= 0.6 is 0 Å². The average molecular weight is 245 g/mol. The van der Waals surface area contributed by atoms with Gasteiger partial charge in [-0.1, -0.05) is 12.1 Å². The molecule has 18 heavy (non-hydrogen) atoms. The minimum Gasteiger partial charge on any atom is -0.368 e. The van der Waals surface area contributed by atoms with Crippen molar-refractivity contribution in [3.63, 3.8) is 0 Å².